The van der Waals surface area contributed by atoms with Crippen molar-refractivity contribution in [1.82, 2.24) is 9.62 Å². The van der Waals surface area contributed by atoms with Crippen molar-refractivity contribution in [3.8, 4) is 0 Å². The molecule has 0 atom stereocenters. The Kier molecular flexibility index (Phi) is 5.74. The zero-order valence-corrected chi connectivity index (χ0v) is 14.2. The van der Waals surface area contributed by atoms with Crippen molar-refractivity contribution in [2.75, 3.05) is 26.7 Å². The lowest BCUT2D eigenvalue weighted by Gasteiger charge is -2.18. The van der Waals surface area contributed by atoms with E-state index in [2.05, 4.69) is 9.62 Å². The largest absolute Gasteiger partial charge is 0.305 e. The predicted molar refractivity (Wildman–Crippen MR) is 83.7 cm³/mol. The van der Waals surface area contributed by atoms with E-state index >= 15 is 0 Å². The van der Waals surface area contributed by atoms with Crippen molar-refractivity contribution in [1.29, 1.82) is 0 Å². The molecule has 1 aromatic rings. The summed E-state index contributed by atoms with van der Waals surface area (Å²) in [4.78, 5) is 2.51. The van der Waals surface area contributed by atoms with Crippen LogP contribution >= 0.6 is 0 Å². The van der Waals surface area contributed by atoms with Crippen LogP contribution in [0, 0.1) is 27.7 Å². The van der Waals surface area contributed by atoms with Gasteiger partial charge in [-0.15, -0.1) is 0 Å². The number of hydrogen-bond acceptors (Lipinski definition) is 3. The highest BCUT2D eigenvalue weighted by atomic mass is 32.2. The van der Waals surface area contributed by atoms with E-state index in [1.54, 1.807) is 0 Å². The van der Waals surface area contributed by atoms with Crippen molar-refractivity contribution in [2.45, 2.75) is 39.5 Å². The molecule has 0 unspecified atom stereocenters. The summed E-state index contributed by atoms with van der Waals surface area (Å²) in [5, 5.41) is 0. The molecule has 5 heteroatoms. The van der Waals surface area contributed by atoms with Gasteiger partial charge in [-0.3, -0.25) is 0 Å². The number of sulfonamides is 1. The van der Waals surface area contributed by atoms with Crippen molar-refractivity contribution in [3.63, 3.8) is 0 Å². The van der Waals surface area contributed by atoms with Crippen molar-refractivity contribution < 1.29 is 8.42 Å². The quantitative estimate of drug-likeness (QED) is 0.875. The molecule has 4 nitrogen and oxygen atoms in total. The first kappa shape index (κ1) is 17.1. The highest BCUT2D eigenvalue weighted by Gasteiger charge is 2.21. The summed E-state index contributed by atoms with van der Waals surface area (Å²) in [7, 11) is -1.47. The summed E-state index contributed by atoms with van der Waals surface area (Å²) in [5.74, 6) is 0. The maximum atomic E-state index is 12.5. The highest BCUT2D eigenvalue weighted by molar-refractivity contribution is 7.89. The molecule has 0 bridgehead atoms. The molecule has 0 aliphatic carbocycles. The first-order chi connectivity index (χ1) is 9.20. The smallest absolute Gasteiger partial charge is 0.241 e. The standard InChI is InChI=1S/C15H26N2O2S/c1-7-17(6)9-8-16-20(18,19)15-13(4)11(2)10-12(3)14(15)5/h10,16H,7-9H2,1-6H3. The second-order valence-corrected chi connectivity index (χ2v) is 7.09. The Hall–Kier alpha value is -0.910. The van der Waals surface area contributed by atoms with Crippen LogP contribution in [0.15, 0.2) is 11.0 Å². The van der Waals surface area contributed by atoms with Gasteiger partial charge in [0.2, 0.25) is 10.0 Å². The average molecular weight is 298 g/mol. The Morgan fingerprint density at radius 3 is 2.05 bits per heavy atom. The van der Waals surface area contributed by atoms with Gasteiger partial charge in [0.1, 0.15) is 0 Å². The van der Waals surface area contributed by atoms with E-state index in [0.717, 1.165) is 28.8 Å². The van der Waals surface area contributed by atoms with E-state index in [4.69, 9.17) is 0 Å². The van der Waals surface area contributed by atoms with Gasteiger partial charge >= 0.3 is 0 Å². The molecular formula is C15H26N2O2S. The lowest BCUT2D eigenvalue weighted by atomic mass is 10.0. The monoisotopic (exact) mass is 298 g/mol. The third kappa shape index (κ3) is 3.81. The van der Waals surface area contributed by atoms with Gasteiger partial charge in [0.15, 0.2) is 0 Å². The first-order valence-corrected chi connectivity index (χ1v) is 8.44. The van der Waals surface area contributed by atoms with Crippen molar-refractivity contribution in [2.24, 2.45) is 0 Å². The molecule has 0 spiro atoms. The summed E-state index contributed by atoms with van der Waals surface area (Å²) in [5.41, 5.74) is 3.70. The molecule has 1 N–H and O–H groups in total. The minimum Gasteiger partial charge on any atom is -0.305 e. The summed E-state index contributed by atoms with van der Waals surface area (Å²) in [6, 6.07) is 2.04. The third-order valence-corrected chi connectivity index (χ3v) is 5.63. The number of benzene rings is 1. The normalized spacial score (nSPS) is 12.2. The maximum absolute atomic E-state index is 12.5. The van der Waals surface area contributed by atoms with E-state index < -0.39 is 10.0 Å². The second-order valence-electron chi connectivity index (χ2n) is 5.38. The molecule has 0 aliphatic rings. The fourth-order valence-corrected chi connectivity index (χ4v) is 3.82. The summed E-state index contributed by atoms with van der Waals surface area (Å²) < 4.78 is 27.7. The van der Waals surface area contributed by atoms with Gasteiger partial charge < -0.3 is 4.90 Å². The summed E-state index contributed by atoms with van der Waals surface area (Å²) >= 11 is 0. The van der Waals surface area contributed by atoms with Crippen molar-refractivity contribution in [3.05, 3.63) is 28.3 Å². The van der Waals surface area contributed by atoms with Crippen LogP contribution in [0.3, 0.4) is 0 Å². The number of aryl methyl sites for hydroxylation is 2. The Bertz CT molecular complexity index is 554. The Labute approximate surface area is 123 Å². The molecule has 0 aromatic heterocycles. The predicted octanol–water partition coefficient (Wildman–Crippen LogP) is 2.15. The summed E-state index contributed by atoms with van der Waals surface area (Å²) in [6.45, 7) is 11.7. The second kappa shape index (κ2) is 6.70. The van der Waals surface area contributed by atoms with Gasteiger partial charge in [0, 0.05) is 13.1 Å². The fraction of sp³-hybridized carbons (Fsp3) is 0.600. The Morgan fingerprint density at radius 1 is 1.10 bits per heavy atom. The highest BCUT2D eigenvalue weighted by Crippen LogP contribution is 2.25. The van der Waals surface area contributed by atoms with E-state index in [1.807, 2.05) is 47.7 Å². The van der Waals surface area contributed by atoms with E-state index in [1.165, 1.54) is 0 Å². The molecule has 114 valence electrons. The minimum absolute atomic E-state index is 0.429. The van der Waals surface area contributed by atoms with Crippen LogP contribution in [0.25, 0.3) is 0 Å². The van der Waals surface area contributed by atoms with Crippen LogP contribution in [-0.2, 0) is 10.0 Å². The van der Waals surface area contributed by atoms with Gasteiger partial charge in [-0.25, -0.2) is 13.1 Å². The van der Waals surface area contributed by atoms with E-state index in [0.29, 0.717) is 18.0 Å². The molecule has 0 heterocycles. The number of likely N-dealkylation sites (N-methyl/N-ethyl adjacent to an activating group) is 1. The fourth-order valence-electron chi connectivity index (χ4n) is 2.18. The molecule has 0 saturated carbocycles. The van der Waals surface area contributed by atoms with Crippen LogP contribution in [0.2, 0.25) is 0 Å². The average Bonchev–Trinajstić information content (AvgIpc) is 2.36. The topological polar surface area (TPSA) is 49.4 Å². The molecule has 20 heavy (non-hydrogen) atoms. The van der Waals surface area contributed by atoms with Crippen LogP contribution in [0.4, 0.5) is 0 Å². The third-order valence-electron chi connectivity index (χ3n) is 3.89. The number of rotatable bonds is 6. The van der Waals surface area contributed by atoms with Gasteiger partial charge in [0.05, 0.1) is 4.90 Å². The van der Waals surface area contributed by atoms with Gasteiger partial charge in [-0.05, 0) is 63.5 Å². The summed E-state index contributed by atoms with van der Waals surface area (Å²) in [6.07, 6.45) is 0. The number of hydrogen-bond donors (Lipinski definition) is 1. The molecular weight excluding hydrogens is 272 g/mol. The lowest BCUT2D eigenvalue weighted by molar-refractivity contribution is 0.358. The molecule has 0 aliphatic heterocycles. The Balaban J connectivity index is 3.04. The van der Waals surface area contributed by atoms with Crippen LogP contribution in [0.1, 0.15) is 29.2 Å². The van der Waals surface area contributed by atoms with Gasteiger partial charge in [-0.1, -0.05) is 13.0 Å². The Morgan fingerprint density at radius 2 is 1.60 bits per heavy atom. The van der Waals surface area contributed by atoms with Crippen LogP contribution < -0.4 is 4.72 Å². The molecule has 0 radical (unpaired) electrons. The van der Waals surface area contributed by atoms with Crippen LogP contribution in [-0.4, -0.2) is 40.0 Å². The zero-order valence-electron chi connectivity index (χ0n) is 13.4. The van der Waals surface area contributed by atoms with E-state index in [9.17, 15) is 8.42 Å². The SMILES string of the molecule is CCN(C)CCNS(=O)(=O)c1c(C)c(C)cc(C)c1C. The molecule has 1 rings (SSSR count). The molecule has 0 saturated heterocycles. The van der Waals surface area contributed by atoms with Gasteiger partial charge in [0.25, 0.3) is 0 Å². The molecule has 0 amide bonds. The number of nitrogens with one attached hydrogen (secondary N) is 1. The maximum Gasteiger partial charge on any atom is 0.241 e. The van der Waals surface area contributed by atoms with Crippen LogP contribution in [0.5, 0.6) is 0 Å². The number of nitrogens with zero attached hydrogens (tertiary/aromatic N) is 1. The van der Waals surface area contributed by atoms with Crippen molar-refractivity contribution >= 4 is 10.0 Å². The lowest BCUT2D eigenvalue weighted by Crippen LogP contribution is -2.33. The van der Waals surface area contributed by atoms with Gasteiger partial charge in [-0.2, -0.15) is 0 Å². The van der Waals surface area contributed by atoms with E-state index in [-0.39, 0.29) is 0 Å². The molecule has 0 fully saturated rings. The first-order valence-electron chi connectivity index (χ1n) is 6.96. The molecule has 1 aromatic carbocycles. The minimum atomic E-state index is -3.45. The zero-order chi connectivity index (χ0) is 15.5.